The molecule has 1 aromatic carbocycles. The van der Waals surface area contributed by atoms with E-state index in [-0.39, 0.29) is 18.4 Å². The van der Waals surface area contributed by atoms with Gasteiger partial charge >= 0.3 is 0 Å². The normalized spacial score (nSPS) is 20.4. The third-order valence-corrected chi connectivity index (χ3v) is 5.61. The molecule has 150 valence electrons. The minimum Gasteiger partial charge on any atom is -0.394 e. The Morgan fingerprint density at radius 1 is 1.14 bits per heavy atom. The van der Waals surface area contributed by atoms with Crippen LogP contribution in [0.1, 0.15) is 34.8 Å². The molecule has 28 heavy (non-hydrogen) atoms. The fourth-order valence-electron chi connectivity index (χ4n) is 4.04. The Labute approximate surface area is 165 Å². The van der Waals surface area contributed by atoms with Crippen LogP contribution in [0.15, 0.2) is 36.5 Å². The fourth-order valence-corrected chi connectivity index (χ4v) is 4.04. The number of ether oxygens (including phenoxy) is 1. The molecule has 2 aromatic rings. The molecule has 4 rings (SSSR count). The number of hydrogen-bond acceptors (Lipinski definition) is 5. The van der Waals surface area contributed by atoms with Crippen molar-refractivity contribution in [2.45, 2.75) is 25.3 Å². The van der Waals surface area contributed by atoms with Crippen molar-refractivity contribution in [3.8, 4) is 0 Å². The summed E-state index contributed by atoms with van der Waals surface area (Å²) in [6.45, 7) is 5.36. The predicted molar refractivity (Wildman–Crippen MR) is 107 cm³/mol. The van der Waals surface area contributed by atoms with Gasteiger partial charge in [-0.15, -0.1) is 0 Å². The molecule has 0 unspecified atom stereocenters. The van der Waals surface area contributed by atoms with E-state index in [9.17, 15) is 4.79 Å². The maximum Gasteiger partial charge on any atom is 0.253 e. The molecule has 1 amide bonds. The number of aliphatic hydroxyl groups excluding tert-OH is 1. The number of carbonyl (C=O) groups is 1. The molecule has 2 saturated heterocycles. The van der Waals surface area contributed by atoms with Crippen molar-refractivity contribution in [1.82, 2.24) is 14.7 Å². The first kappa shape index (κ1) is 19.0. The minimum absolute atomic E-state index is 0.0802. The van der Waals surface area contributed by atoms with E-state index in [1.54, 1.807) is 4.68 Å². The summed E-state index contributed by atoms with van der Waals surface area (Å²) in [7, 11) is 0. The van der Waals surface area contributed by atoms with Crippen molar-refractivity contribution in [2.75, 3.05) is 50.9 Å². The SMILES string of the molecule is O=C(c1ccc(N2CCOCC2)cc1)N1CCC[C@H](c2ccn(CCO)n2)C1. The summed E-state index contributed by atoms with van der Waals surface area (Å²) in [6, 6.07) is 9.96. The van der Waals surface area contributed by atoms with Crippen molar-refractivity contribution in [2.24, 2.45) is 0 Å². The number of amides is 1. The van der Waals surface area contributed by atoms with Gasteiger partial charge < -0.3 is 19.6 Å². The van der Waals surface area contributed by atoms with E-state index in [4.69, 9.17) is 9.84 Å². The highest BCUT2D eigenvalue weighted by Crippen LogP contribution is 2.27. The zero-order chi connectivity index (χ0) is 19.3. The maximum atomic E-state index is 13.0. The van der Waals surface area contributed by atoms with Gasteiger partial charge in [-0.05, 0) is 43.2 Å². The summed E-state index contributed by atoms with van der Waals surface area (Å²) in [6.07, 6.45) is 3.92. The van der Waals surface area contributed by atoms with Crippen LogP contribution in [0, 0.1) is 0 Å². The predicted octanol–water partition coefficient (Wildman–Crippen LogP) is 1.73. The molecule has 3 heterocycles. The van der Waals surface area contributed by atoms with Crippen LogP contribution in [0.25, 0.3) is 0 Å². The summed E-state index contributed by atoms with van der Waals surface area (Å²) in [5, 5.41) is 13.6. The molecule has 7 nitrogen and oxygen atoms in total. The molecule has 0 bridgehead atoms. The number of benzene rings is 1. The van der Waals surface area contributed by atoms with Gasteiger partial charge in [0.15, 0.2) is 0 Å². The van der Waals surface area contributed by atoms with Crippen molar-refractivity contribution < 1.29 is 14.6 Å². The number of likely N-dealkylation sites (tertiary alicyclic amines) is 1. The van der Waals surface area contributed by atoms with Crippen LogP contribution < -0.4 is 4.90 Å². The number of nitrogens with zero attached hydrogens (tertiary/aromatic N) is 4. The van der Waals surface area contributed by atoms with Gasteiger partial charge in [0, 0.05) is 49.5 Å². The number of carbonyl (C=O) groups excluding carboxylic acids is 1. The van der Waals surface area contributed by atoms with Gasteiger partial charge in [0.05, 0.1) is 32.1 Å². The third-order valence-electron chi connectivity index (χ3n) is 5.61. The summed E-state index contributed by atoms with van der Waals surface area (Å²) >= 11 is 0. The second kappa shape index (κ2) is 8.75. The third kappa shape index (κ3) is 4.20. The number of anilines is 1. The standard InChI is InChI=1S/C21H28N4O3/c26-13-10-25-9-7-20(22-25)18-2-1-8-24(16-18)21(27)17-3-5-19(6-4-17)23-11-14-28-15-12-23/h3-7,9,18,26H,1-2,8,10-16H2/t18-/m0/s1. The molecule has 0 saturated carbocycles. The van der Waals surface area contributed by atoms with Gasteiger partial charge in [0.1, 0.15) is 0 Å². The van der Waals surface area contributed by atoms with E-state index < -0.39 is 0 Å². The Morgan fingerprint density at radius 2 is 1.93 bits per heavy atom. The minimum atomic E-state index is 0.0802. The van der Waals surface area contributed by atoms with Crippen molar-refractivity contribution in [3.63, 3.8) is 0 Å². The lowest BCUT2D eigenvalue weighted by Crippen LogP contribution is -2.39. The van der Waals surface area contributed by atoms with E-state index in [1.807, 2.05) is 41.4 Å². The molecule has 0 radical (unpaired) electrons. The van der Waals surface area contributed by atoms with Gasteiger partial charge in [0.25, 0.3) is 5.91 Å². The molecular weight excluding hydrogens is 356 g/mol. The summed E-state index contributed by atoms with van der Waals surface area (Å²) in [4.78, 5) is 17.2. The van der Waals surface area contributed by atoms with Crippen molar-refractivity contribution >= 4 is 11.6 Å². The molecule has 0 aliphatic carbocycles. The summed E-state index contributed by atoms with van der Waals surface area (Å²) in [5.41, 5.74) is 2.89. The quantitative estimate of drug-likeness (QED) is 0.850. The van der Waals surface area contributed by atoms with Gasteiger partial charge in [-0.3, -0.25) is 9.48 Å². The van der Waals surface area contributed by atoms with Crippen LogP contribution in [0.3, 0.4) is 0 Å². The highest BCUT2D eigenvalue weighted by atomic mass is 16.5. The summed E-state index contributed by atoms with van der Waals surface area (Å²) < 4.78 is 7.17. The summed E-state index contributed by atoms with van der Waals surface area (Å²) in [5.74, 6) is 0.346. The Kier molecular flexibility index (Phi) is 5.92. The monoisotopic (exact) mass is 384 g/mol. The maximum absolute atomic E-state index is 13.0. The van der Waals surface area contributed by atoms with Gasteiger partial charge in [0.2, 0.25) is 0 Å². The second-order valence-corrected chi connectivity index (χ2v) is 7.46. The first-order valence-corrected chi connectivity index (χ1v) is 10.1. The topological polar surface area (TPSA) is 70.8 Å². The lowest BCUT2D eigenvalue weighted by molar-refractivity contribution is 0.0705. The fraction of sp³-hybridized carbons (Fsp3) is 0.524. The Hall–Kier alpha value is -2.38. The smallest absolute Gasteiger partial charge is 0.253 e. The number of hydrogen-bond donors (Lipinski definition) is 1. The number of morpholine rings is 1. The van der Waals surface area contributed by atoms with E-state index in [2.05, 4.69) is 10.00 Å². The number of aromatic nitrogens is 2. The number of piperidine rings is 1. The van der Waals surface area contributed by atoms with Crippen molar-refractivity contribution in [3.05, 3.63) is 47.8 Å². The van der Waals surface area contributed by atoms with Crippen LogP contribution in [0.2, 0.25) is 0 Å². The van der Waals surface area contributed by atoms with Gasteiger partial charge in [-0.25, -0.2) is 0 Å². The second-order valence-electron chi connectivity index (χ2n) is 7.46. The molecule has 2 aliphatic heterocycles. The van der Waals surface area contributed by atoms with Gasteiger partial charge in [-0.1, -0.05) is 0 Å². The Balaban J connectivity index is 1.40. The van der Waals surface area contributed by atoms with Crippen LogP contribution >= 0.6 is 0 Å². The van der Waals surface area contributed by atoms with Crippen LogP contribution in [-0.4, -0.2) is 71.7 Å². The van der Waals surface area contributed by atoms with Gasteiger partial charge in [-0.2, -0.15) is 5.10 Å². The molecule has 7 heteroatoms. The number of rotatable bonds is 5. The lowest BCUT2D eigenvalue weighted by Gasteiger charge is -2.32. The molecule has 1 aromatic heterocycles. The Morgan fingerprint density at radius 3 is 2.68 bits per heavy atom. The molecule has 0 spiro atoms. The zero-order valence-electron chi connectivity index (χ0n) is 16.2. The van der Waals surface area contributed by atoms with Crippen LogP contribution in [-0.2, 0) is 11.3 Å². The zero-order valence-corrected chi connectivity index (χ0v) is 16.2. The van der Waals surface area contributed by atoms with E-state index in [0.717, 1.165) is 62.6 Å². The first-order valence-electron chi connectivity index (χ1n) is 10.1. The molecular formula is C21H28N4O3. The molecule has 2 fully saturated rings. The van der Waals surface area contributed by atoms with Crippen LogP contribution in [0.4, 0.5) is 5.69 Å². The first-order chi connectivity index (χ1) is 13.7. The largest absolute Gasteiger partial charge is 0.394 e. The molecule has 1 N–H and O–H groups in total. The highest BCUT2D eigenvalue weighted by Gasteiger charge is 2.27. The average Bonchev–Trinajstić information content (AvgIpc) is 3.23. The Bertz CT molecular complexity index is 783. The van der Waals surface area contributed by atoms with Crippen molar-refractivity contribution in [1.29, 1.82) is 0 Å². The van der Waals surface area contributed by atoms with Crippen LogP contribution in [0.5, 0.6) is 0 Å². The lowest BCUT2D eigenvalue weighted by atomic mass is 9.94. The molecule has 2 aliphatic rings. The number of aliphatic hydroxyl groups is 1. The average molecular weight is 384 g/mol. The molecule has 1 atom stereocenters. The highest BCUT2D eigenvalue weighted by molar-refractivity contribution is 5.94. The van der Waals surface area contributed by atoms with E-state index in [0.29, 0.717) is 13.1 Å². The van der Waals surface area contributed by atoms with E-state index in [1.165, 1.54) is 0 Å². The van der Waals surface area contributed by atoms with E-state index >= 15 is 0 Å².